The predicted octanol–water partition coefficient (Wildman–Crippen LogP) is 5.60. The zero-order valence-corrected chi connectivity index (χ0v) is 19.8. The first-order valence-electron chi connectivity index (χ1n) is 10.7. The van der Waals surface area contributed by atoms with Gasteiger partial charge < -0.3 is 4.98 Å². The predicted molar refractivity (Wildman–Crippen MR) is 139 cm³/mol. The Morgan fingerprint density at radius 3 is 2.41 bits per heavy atom. The molecular formula is C26H21N5OS2. The van der Waals surface area contributed by atoms with E-state index in [0.29, 0.717) is 21.8 Å². The van der Waals surface area contributed by atoms with Crippen LogP contribution in [0.4, 0.5) is 0 Å². The lowest BCUT2D eigenvalue weighted by atomic mass is 10.2. The van der Waals surface area contributed by atoms with E-state index in [-0.39, 0.29) is 5.56 Å². The van der Waals surface area contributed by atoms with Crippen molar-refractivity contribution in [1.82, 2.24) is 24.7 Å². The number of H-pyrrole nitrogens is 1. The molecule has 2 aromatic heterocycles. The quantitative estimate of drug-likeness (QED) is 0.229. The largest absolute Gasteiger partial charge is 0.301 e. The molecule has 0 aliphatic heterocycles. The number of aromatic amines is 1. The summed E-state index contributed by atoms with van der Waals surface area (Å²) in [5.74, 6) is 2.08. The van der Waals surface area contributed by atoms with Gasteiger partial charge in [0.15, 0.2) is 10.3 Å². The van der Waals surface area contributed by atoms with Crippen molar-refractivity contribution in [2.45, 2.75) is 16.1 Å². The highest BCUT2D eigenvalue weighted by Gasteiger charge is 2.15. The summed E-state index contributed by atoms with van der Waals surface area (Å²) in [6, 6.07) is 27.6. The maximum atomic E-state index is 12.4. The Kier molecular flexibility index (Phi) is 6.88. The Labute approximate surface area is 205 Å². The zero-order valence-electron chi connectivity index (χ0n) is 18.2. The monoisotopic (exact) mass is 483 g/mol. The number of thioether (sulfide) groups is 2. The maximum Gasteiger partial charge on any atom is 0.259 e. The van der Waals surface area contributed by atoms with Crippen molar-refractivity contribution in [2.75, 3.05) is 5.75 Å². The van der Waals surface area contributed by atoms with E-state index in [4.69, 9.17) is 0 Å². The van der Waals surface area contributed by atoms with Crippen molar-refractivity contribution in [3.05, 3.63) is 113 Å². The lowest BCUT2D eigenvalue weighted by molar-refractivity contribution is 0.864. The molecule has 0 saturated heterocycles. The molecule has 0 aliphatic carbocycles. The fourth-order valence-corrected chi connectivity index (χ4v) is 5.02. The zero-order chi connectivity index (χ0) is 23.2. The second kappa shape index (κ2) is 10.5. The van der Waals surface area contributed by atoms with Gasteiger partial charge in [0.2, 0.25) is 0 Å². The second-order valence-corrected chi connectivity index (χ2v) is 9.32. The van der Waals surface area contributed by atoms with Gasteiger partial charge in [-0.2, -0.15) is 0 Å². The van der Waals surface area contributed by atoms with Gasteiger partial charge in [-0.15, -0.1) is 10.2 Å². The summed E-state index contributed by atoms with van der Waals surface area (Å²) in [6.45, 7) is 0. The van der Waals surface area contributed by atoms with Crippen LogP contribution in [-0.4, -0.2) is 30.5 Å². The van der Waals surface area contributed by atoms with Crippen LogP contribution in [0.2, 0.25) is 0 Å². The summed E-state index contributed by atoms with van der Waals surface area (Å²) in [5.41, 5.74) is 2.71. The van der Waals surface area contributed by atoms with Gasteiger partial charge in [0.1, 0.15) is 5.82 Å². The minimum absolute atomic E-state index is 0.140. The van der Waals surface area contributed by atoms with Gasteiger partial charge in [0, 0.05) is 11.4 Å². The normalized spacial score (nSPS) is 11.4. The first-order valence-corrected chi connectivity index (χ1v) is 12.7. The van der Waals surface area contributed by atoms with Gasteiger partial charge >= 0.3 is 0 Å². The second-order valence-electron chi connectivity index (χ2n) is 7.37. The molecule has 0 unspecified atom stereocenters. The number of benzene rings is 3. The number of hydrogen-bond acceptors (Lipinski definition) is 6. The molecule has 0 fully saturated rings. The summed E-state index contributed by atoms with van der Waals surface area (Å²) in [4.78, 5) is 19.9. The molecule has 6 nitrogen and oxygen atoms in total. The molecule has 168 valence electrons. The van der Waals surface area contributed by atoms with Crippen molar-refractivity contribution in [2.24, 2.45) is 0 Å². The lowest BCUT2D eigenvalue weighted by Crippen LogP contribution is -2.09. The Morgan fingerprint density at radius 1 is 0.853 bits per heavy atom. The van der Waals surface area contributed by atoms with Crippen LogP contribution in [0.3, 0.4) is 0 Å². The van der Waals surface area contributed by atoms with Gasteiger partial charge in [0.25, 0.3) is 5.56 Å². The molecule has 3 aromatic carbocycles. The van der Waals surface area contributed by atoms with E-state index in [9.17, 15) is 4.79 Å². The molecule has 0 amide bonds. The van der Waals surface area contributed by atoms with Crippen molar-refractivity contribution in [1.29, 1.82) is 0 Å². The summed E-state index contributed by atoms with van der Waals surface area (Å²) >= 11 is 3.06. The van der Waals surface area contributed by atoms with E-state index < -0.39 is 0 Å². The topological polar surface area (TPSA) is 76.5 Å². The van der Waals surface area contributed by atoms with Gasteiger partial charge in [-0.25, -0.2) is 4.98 Å². The van der Waals surface area contributed by atoms with Crippen LogP contribution in [0.25, 0.3) is 22.7 Å². The van der Waals surface area contributed by atoms with Crippen molar-refractivity contribution < 1.29 is 0 Å². The maximum absolute atomic E-state index is 12.4. The Bertz CT molecular complexity index is 1480. The van der Waals surface area contributed by atoms with Crippen LogP contribution in [0, 0.1) is 0 Å². The van der Waals surface area contributed by atoms with Crippen LogP contribution < -0.4 is 5.56 Å². The van der Waals surface area contributed by atoms with Crippen molar-refractivity contribution >= 4 is 40.5 Å². The van der Waals surface area contributed by atoms with Crippen LogP contribution in [-0.2, 0) is 5.75 Å². The third kappa shape index (κ3) is 5.13. The molecule has 0 aliphatic rings. The molecule has 0 saturated carbocycles. The fourth-order valence-electron chi connectivity index (χ4n) is 3.46. The summed E-state index contributed by atoms with van der Waals surface area (Å²) in [6.07, 6.45) is 4.23. The highest BCUT2D eigenvalue weighted by Crippen LogP contribution is 2.26. The Balaban J connectivity index is 1.36. The van der Waals surface area contributed by atoms with Gasteiger partial charge in [-0.1, -0.05) is 96.3 Å². The van der Waals surface area contributed by atoms with Gasteiger partial charge in [-0.3, -0.25) is 9.36 Å². The third-order valence-corrected chi connectivity index (χ3v) is 6.81. The molecular weight excluding hydrogens is 462 g/mol. The van der Waals surface area contributed by atoms with Gasteiger partial charge in [-0.05, 0) is 29.8 Å². The van der Waals surface area contributed by atoms with E-state index in [1.807, 2.05) is 66.7 Å². The molecule has 0 bridgehead atoms. The molecule has 0 atom stereocenters. The highest BCUT2D eigenvalue weighted by atomic mass is 32.2. The Hall–Kier alpha value is -3.62. The molecule has 8 heteroatoms. The molecule has 5 aromatic rings. The van der Waals surface area contributed by atoms with E-state index in [0.717, 1.165) is 22.4 Å². The Morgan fingerprint density at radius 2 is 1.59 bits per heavy atom. The molecule has 5 rings (SSSR count). The minimum atomic E-state index is -0.140. The minimum Gasteiger partial charge on any atom is -0.301 e. The highest BCUT2D eigenvalue weighted by molar-refractivity contribution is 7.99. The number of nitrogens with one attached hydrogen (secondary N) is 1. The fraction of sp³-hybridized carbons (Fsp3) is 0.0769. The summed E-state index contributed by atoms with van der Waals surface area (Å²) in [7, 11) is 0. The van der Waals surface area contributed by atoms with Crippen LogP contribution in [0.5, 0.6) is 0 Å². The average Bonchev–Trinajstić information content (AvgIpc) is 3.29. The van der Waals surface area contributed by atoms with E-state index in [2.05, 4.69) is 49.0 Å². The smallest absolute Gasteiger partial charge is 0.259 e. The summed E-state index contributed by atoms with van der Waals surface area (Å²) < 4.78 is 2.06. The SMILES string of the molecule is O=c1[nH]c(SCc2nnc(SC/C=C/c3ccccc3)n2-c2ccccc2)nc2ccccc12. The molecule has 34 heavy (non-hydrogen) atoms. The lowest BCUT2D eigenvalue weighted by Gasteiger charge is -2.09. The van der Waals surface area contributed by atoms with E-state index in [1.165, 1.54) is 17.3 Å². The molecule has 1 N–H and O–H groups in total. The van der Waals surface area contributed by atoms with Crippen molar-refractivity contribution in [3.63, 3.8) is 0 Å². The number of fused-ring (bicyclic) bond motifs is 1. The first kappa shape index (κ1) is 22.2. The number of rotatable bonds is 8. The van der Waals surface area contributed by atoms with Crippen molar-refractivity contribution in [3.8, 4) is 5.69 Å². The third-order valence-electron chi connectivity index (χ3n) is 5.06. The van der Waals surface area contributed by atoms with Crippen LogP contribution in [0.15, 0.2) is 106 Å². The van der Waals surface area contributed by atoms with Crippen LogP contribution in [0.1, 0.15) is 11.4 Å². The van der Waals surface area contributed by atoms with Gasteiger partial charge in [0.05, 0.1) is 16.7 Å². The van der Waals surface area contributed by atoms with E-state index >= 15 is 0 Å². The summed E-state index contributed by atoms with van der Waals surface area (Å²) in [5, 5.41) is 10.9. The number of nitrogens with zero attached hydrogens (tertiary/aromatic N) is 4. The average molecular weight is 484 g/mol. The molecule has 0 radical (unpaired) electrons. The number of para-hydroxylation sites is 2. The standard InChI is InChI=1S/C26H21N5OS2/c32-24-21-15-7-8-16-22(21)27-25(28-24)34-18-23-29-30-26(31(23)20-13-5-2-6-14-20)33-17-9-12-19-10-3-1-4-11-19/h1-16H,17-18H2,(H,27,28,32)/b12-9+. The molecule has 0 spiro atoms. The first-order chi connectivity index (χ1) is 16.8. The molecule has 2 heterocycles. The number of hydrogen-bond donors (Lipinski definition) is 1. The number of aromatic nitrogens is 5. The van der Waals surface area contributed by atoms with E-state index in [1.54, 1.807) is 17.8 Å². The van der Waals surface area contributed by atoms with Crippen LogP contribution >= 0.6 is 23.5 Å².